The molecule has 27 heavy (non-hydrogen) atoms. The van der Waals surface area contributed by atoms with E-state index in [9.17, 15) is 4.79 Å². The van der Waals surface area contributed by atoms with Gasteiger partial charge in [0.2, 0.25) is 0 Å². The standard InChI is InChI=1S/C21H19Cl2NO3/c1-3-14-11-16-17(23)8-9-19(27-12-20(25)26-2)21(16)24-18(14)10-13-4-6-15(22)7-5-13/h4-9,11H,3,10,12H2,1-2H3. The molecule has 0 amide bonds. The van der Waals surface area contributed by atoms with Crippen molar-refractivity contribution in [2.24, 2.45) is 0 Å². The number of halogens is 2. The van der Waals surface area contributed by atoms with Crippen LogP contribution in [-0.4, -0.2) is 24.7 Å². The third-order valence-electron chi connectivity index (χ3n) is 4.30. The topological polar surface area (TPSA) is 48.4 Å². The molecule has 3 aromatic rings. The van der Waals surface area contributed by atoms with Gasteiger partial charge in [0.05, 0.1) is 12.1 Å². The second-order valence-electron chi connectivity index (χ2n) is 6.06. The van der Waals surface area contributed by atoms with Gasteiger partial charge in [0.1, 0.15) is 11.3 Å². The summed E-state index contributed by atoms with van der Waals surface area (Å²) in [6.45, 7) is 1.90. The van der Waals surface area contributed by atoms with Crippen LogP contribution in [0.4, 0.5) is 0 Å². The number of carbonyl (C=O) groups is 1. The first kappa shape index (κ1) is 19.5. The molecule has 0 spiro atoms. The van der Waals surface area contributed by atoms with Crippen LogP contribution in [0.5, 0.6) is 5.75 Å². The zero-order valence-corrected chi connectivity index (χ0v) is 16.6. The number of hydrogen-bond acceptors (Lipinski definition) is 4. The molecule has 3 rings (SSSR count). The lowest BCUT2D eigenvalue weighted by molar-refractivity contribution is -0.142. The number of aromatic nitrogens is 1. The summed E-state index contributed by atoms with van der Waals surface area (Å²) in [5.74, 6) is 0.0458. The van der Waals surface area contributed by atoms with Crippen LogP contribution in [0.15, 0.2) is 42.5 Å². The maximum absolute atomic E-state index is 11.4. The molecule has 2 aromatic carbocycles. The summed E-state index contributed by atoms with van der Waals surface area (Å²) in [5.41, 5.74) is 3.80. The van der Waals surface area contributed by atoms with Gasteiger partial charge in [-0.15, -0.1) is 0 Å². The maximum atomic E-state index is 11.4. The van der Waals surface area contributed by atoms with E-state index < -0.39 is 5.97 Å². The Labute approximate surface area is 168 Å². The number of fused-ring (bicyclic) bond motifs is 1. The Hall–Kier alpha value is -2.30. The molecule has 140 valence electrons. The quantitative estimate of drug-likeness (QED) is 0.527. The van der Waals surface area contributed by atoms with Crippen LogP contribution >= 0.6 is 23.2 Å². The van der Waals surface area contributed by atoms with E-state index in [1.807, 2.05) is 30.3 Å². The number of rotatable bonds is 6. The highest BCUT2D eigenvalue weighted by Gasteiger charge is 2.14. The van der Waals surface area contributed by atoms with E-state index in [0.29, 0.717) is 27.7 Å². The number of carbonyl (C=O) groups excluding carboxylic acids is 1. The zero-order valence-electron chi connectivity index (χ0n) is 15.1. The summed E-state index contributed by atoms with van der Waals surface area (Å²) in [5, 5.41) is 2.10. The van der Waals surface area contributed by atoms with E-state index >= 15 is 0 Å². The molecule has 0 aliphatic heterocycles. The summed E-state index contributed by atoms with van der Waals surface area (Å²) in [6.07, 6.45) is 1.49. The van der Waals surface area contributed by atoms with Crippen LogP contribution in [-0.2, 0) is 22.4 Å². The van der Waals surface area contributed by atoms with E-state index in [1.165, 1.54) is 7.11 Å². The predicted octanol–water partition coefficient (Wildman–Crippen LogP) is 5.25. The van der Waals surface area contributed by atoms with E-state index in [4.69, 9.17) is 32.9 Å². The fourth-order valence-electron chi connectivity index (χ4n) is 2.85. The highest BCUT2D eigenvalue weighted by Crippen LogP contribution is 2.32. The highest BCUT2D eigenvalue weighted by molar-refractivity contribution is 6.35. The minimum atomic E-state index is -0.454. The first-order valence-electron chi connectivity index (χ1n) is 8.57. The monoisotopic (exact) mass is 403 g/mol. The lowest BCUT2D eigenvalue weighted by Gasteiger charge is -2.14. The Bertz CT molecular complexity index is 971. The van der Waals surface area contributed by atoms with Crippen LogP contribution < -0.4 is 4.74 Å². The first-order chi connectivity index (χ1) is 13.0. The van der Waals surface area contributed by atoms with Gasteiger partial charge in [0.25, 0.3) is 0 Å². The van der Waals surface area contributed by atoms with E-state index in [0.717, 1.165) is 28.6 Å². The van der Waals surface area contributed by atoms with Gasteiger partial charge in [-0.25, -0.2) is 9.78 Å². The molecule has 0 saturated heterocycles. The van der Waals surface area contributed by atoms with Crippen molar-refractivity contribution in [3.05, 3.63) is 69.3 Å². The molecule has 6 heteroatoms. The number of aryl methyl sites for hydroxylation is 1. The fourth-order valence-corrected chi connectivity index (χ4v) is 3.18. The largest absolute Gasteiger partial charge is 0.480 e. The van der Waals surface area contributed by atoms with E-state index in [1.54, 1.807) is 12.1 Å². The number of esters is 1. The Morgan fingerprint density at radius 1 is 1.11 bits per heavy atom. The van der Waals surface area contributed by atoms with Crippen LogP contribution in [0.1, 0.15) is 23.7 Å². The van der Waals surface area contributed by atoms with Gasteiger partial charge in [0.15, 0.2) is 6.61 Å². The molecule has 4 nitrogen and oxygen atoms in total. The molecule has 0 radical (unpaired) electrons. The second-order valence-corrected chi connectivity index (χ2v) is 6.90. The molecule has 0 saturated carbocycles. The molecule has 0 aliphatic carbocycles. The average Bonchev–Trinajstić information content (AvgIpc) is 2.68. The minimum absolute atomic E-state index is 0.184. The third-order valence-corrected chi connectivity index (χ3v) is 4.88. The molecule has 0 bridgehead atoms. The Morgan fingerprint density at radius 3 is 2.52 bits per heavy atom. The Balaban J connectivity index is 2.04. The maximum Gasteiger partial charge on any atom is 0.343 e. The van der Waals surface area contributed by atoms with Crippen molar-refractivity contribution in [3.8, 4) is 5.75 Å². The van der Waals surface area contributed by atoms with Crippen molar-refractivity contribution < 1.29 is 14.3 Å². The van der Waals surface area contributed by atoms with Crippen LogP contribution in [0, 0.1) is 0 Å². The second kappa shape index (κ2) is 8.59. The summed E-state index contributed by atoms with van der Waals surface area (Å²) in [6, 6.07) is 13.2. The molecule has 0 atom stereocenters. The minimum Gasteiger partial charge on any atom is -0.480 e. The number of nitrogens with zero attached hydrogens (tertiary/aromatic N) is 1. The predicted molar refractivity (Wildman–Crippen MR) is 108 cm³/mol. The fraction of sp³-hybridized carbons (Fsp3) is 0.238. The van der Waals surface area contributed by atoms with Crippen LogP contribution in [0.2, 0.25) is 10.0 Å². The number of ether oxygens (including phenoxy) is 2. The van der Waals surface area contributed by atoms with Gasteiger partial charge in [-0.1, -0.05) is 42.3 Å². The molecule has 1 heterocycles. The Kier molecular flexibility index (Phi) is 6.19. The lowest BCUT2D eigenvalue weighted by atomic mass is 10.0. The molecule has 0 N–H and O–H groups in total. The highest BCUT2D eigenvalue weighted by atomic mass is 35.5. The Morgan fingerprint density at radius 2 is 1.85 bits per heavy atom. The summed E-state index contributed by atoms with van der Waals surface area (Å²) in [4.78, 5) is 16.3. The van der Waals surface area contributed by atoms with Crippen molar-refractivity contribution in [1.82, 2.24) is 4.98 Å². The number of benzene rings is 2. The van der Waals surface area contributed by atoms with Crippen molar-refractivity contribution >= 4 is 40.1 Å². The average molecular weight is 404 g/mol. The molecule has 0 fully saturated rings. The van der Waals surface area contributed by atoms with Gasteiger partial charge < -0.3 is 9.47 Å². The molecular formula is C21H19Cl2NO3. The van der Waals surface area contributed by atoms with Crippen LogP contribution in [0.3, 0.4) is 0 Å². The lowest BCUT2D eigenvalue weighted by Crippen LogP contribution is -2.13. The van der Waals surface area contributed by atoms with Gasteiger partial charge in [-0.3, -0.25) is 0 Å². The van der Waals surface area contributed by atoms with Crippen LogP contribution in [0.25, 0.3) is 10.9 Å². The number of methoxy groups -OCH3 is 1. The zero-order chi connectivity index (χ0) is 19.4. The van der Waals surface area contributed by atoms with Gasteiger partial charge >= 0.3 is 5.97 Å². The van der Waals surface area contributed by atoms with Gasteiger partial charge in [-0.2, -0.15) is 0 Å². The van der Waals surface area contributed by atoms with Crippen molar-refractivity contribution in [2.75, 3.05) is 13.7 Å². The SMILES string of the molecule is CCc1cc2c(Cl)ccc(OCC(=O)OC)c2nc1Cc1ccc(Cl)cc1. The van der Waals surface area contributed by atoms with E-state index in [2.05, 4.69) is 11.7 Å². The van der Waals surface area contributed by atoms with Crippen molar-refractivity contribution in [1.29, 1.82) is 0 Å². The van der Waals surface area contributed by atoms with Crippen molar-refractivity contribution in [2.45, 2.75) is 19.8 Å². The van der Waals surface area contributed by atoms with Gasteiger partial charge in [0, 0.05) is 22.5 Å². The molecule has 1 aromatic heterocycles. The number of pyridine rings is 1. The first-order valence-corrected chi connectivity index (χ1v) is 9.32. The summed E-state index contributed by atoms with van der Waals surface area (Å²) < 4.78 is 10.2. The summed E-state index contributed by atoms with van der Waals surface area (Å²) in [7, 11) is 1.32. The molecule has 0 unspecified atom stereocenters. The van der Waals surface area contributed by atoms with E-state index in [-0.39, 0.29) is 6.61 Å². The summed E-state index contributed by atoms with van der Waals surface area (Å²) >= 11 is 12.4. The third kappa shape index (κ3) is 4.52. The smallest absolute Gasteiger partial charge is 0.343 e. The van der Waals surface area contributed by atoms with Gasteiger partial charge in [-0.05, 0) is 47.9 Å². The molecular weight excluding hydrogens is 385 g/mol. The van der Waals surface area contributed by atoms with Crippen molar-refractivity contribution in [3.63, 3.8) is 0 Å². The number of hydrogen-bond donors (Lipinski definition) is 0. The molecule has 0 aliphatic rings. The normalized spacial score (nSPS) is 10.8.